The average Bonchev–Trinajstić information content (AvgIpc) is 2.99. The smallest absolute Gasteiger partial charge is 0.243 e. The molecule has 0 aliphatic heterocycles. The maximum absolute atomic E-state index is 12.4. The van der Waals surface area contributed by atoms with E-state index in [1.165, 1.54) is 18.5 Å². The van der Waals surface area contributed by atoms with Gasteiger partial charge < -0.3 is 10.3 Å². The van der Waals surface area contributed by atoms with Gasteiger partial charge in [-0.1, -0.05) is 5.16 Å². The normalized spacial score (nSPS) is 11.8. The van der Waals surface area contributed by atoms with Gasteiger partial charge in [-0.05, 0) is 24.3 Å². The first kappa shape index (κ1) is 13.5. The third-order valence-electron chi connectivity index (χ3n) is 2.99. The summed E-state index contributed by atoms with van der Waals surface area (Å²) in [4.78, 5) is 4.20. The molecular weight excluding hydrogens is 292 g/mol. The predicted molar refractivity (Wildman–Crippen MR) is 76.7 cm³/mol. The summed E-state index contributed by atoms with van der Waals surface area (Å²) in [6.07, 6.45) is 2.90. The largest absolute Gasteiger partial charge is 0.398 e. The summed E-state index contributed by atoms with van der Waals surface area (Å²) in [6, 6.07) is 8.01. The Morgan fingerprint density at radius 1 is 1.24 bits per heavy atom. The molecule has 3 aromatic rings. The second kappa shape index (κ2) is 5.15. The molecule has 0 spiro atoms. The fourth-order valence-corrected chi connectivity index (χ4v) is 3.12. The fourth-order valence-electron chi connectivity index (χ4n) is 1.96. The number of sulfonamides is 1. The minimum Gasteiger partial charge on any atom is -0.398 e. The second-order valence-electron chi connectivity index (χ2n) is 4.37. The Balaban J connectivity index is 2.01. The summed E-state index contributed by atoms with van der Waals surface area (Å²) in [5.41, 5.74) is 7.15. The van der Waals surface area contributed by atoms with Crippen molar-refractivity contribution in [3.63, 3.8) is 0 Å². The molecule has 0 aliphatic rings. The first-order chi connectivity index (χ1) is 10.1. The van der Waals surface area contributed by atoms with E-state index in [0.29, 0.717) is 22.3 Å². The maximum atomic E-state index is 12.4. The molecule has 2 aromatic heterocycles. The van der Waals surface area contributed by atoms with E-state index in [0.717, 1.165) is 0 Å². The van der Waals surface area contributed by atoms with Gasteiger partial charge in [0.2, 0.25) is 10.0 Å². The quantitative estimate of drug-likeness (QED) is 0.702. The van der Waals surface area contributed by atoms with Crippen LogP contribution in [-0.4, -0.2) is 18.6 Å². The van der Waals surface area contributed by atoms with Gasteiger partial charge in [0.05, 0.1) is 17.8 Å². The van der Waals surface area contributed by atoms with E-state index in [1.807, 2.05) is 0 Å². The topological polar surface area (TPSA) is 111 Å². The molecule has 8 heteroatoms. The zero-order valence-corrected chi connectivity index (χ0v) is 11.7. The number of rotatable bonds is 4. The van der Waals surface area contributed by atoms with E-state index in [2.05, 4.69) is 19.4 Å². The average molecular weight is 304 g/mol. The summed E-state index contributed by atoms with van der Waals surface area (Å²) in [5.74, 6) is 0. The van der Waals surface area contributed by atoms with Crippen molar-refractivity contribution in [2.24, 2.45) is 0 Å². The maximum Gasteiger partial charge on any atom is 0.243 e. The molecule has 0 saturated carbocycles. The third-order valence-corrected chi connectivity index (χ3v) is 4.42. The van der Waals surface area contributed by atoms with Crippen molar-refractivity contribution in [2.75, 3.05) is 5.73 Å². The Kier molecular flexibility index (Phi) is 3.32. The number of aromatic nitrogens is 2. The number of benzene rings is 1. The first-order valence-electron chi connectivity index (χ1n) is 6.10. The minimum atomic E-state index is -3.73. The number of hydrogen-bond acceptors (Lipinski definition) is 6. The zero-order valence-electron chi connectivity index (χ0n) is 10.9. The molecule has 7 nitrogen and oxygen atoms in total. The monoisotopic (exact) mass is 304 g/mol. The number of hydrogen-bond donors (Lipinski definition) is 2. The van der Waals surface area contributed by atoms with Crippen LogP contribution in [0.25, 0.3) is 10.9 Å². The molecular formula is C13H12N4O3S. The number of nitrogens with zero attached hydrogens (tertiary/aromatic N) is 2. The number of nitrogens with two attached hydrogens (primary N) is 1. The van der Waals surface area contributed by atoms with Crippen LogP contribution in [0.15, 0.2) is 52.2 Å². The summed E-state index contributed by atoms with van der Waals surface area (Å²) in [7, 11) is -3.73. The Bertz CT molecular complexity index is 876. The highest BCUT2D eigenvalue weighted by atomic mass is 32.2. The number of fused-ring (bicyclic) bond motifs is 1. The van der Waals surface area contributed by atoms with E-state index in [-0.39, 0.29) is 11.4 Å². The molecule has 0 aliphatic carbocycles. The van der Waals surface area contributed by atoms with Crippen molar-refractivity contribution in [1.29, 1.82) is 0 Å². The second-order valence-corrected chi connectivity index (χ2v) is 6.10. The van der Waals surface area contributed by atoms with E-state index in [1.54, 1.807) is 24.3 Å². The van der Waals surface area contributed by atoms with Crippen LogP contribution in [-0.2, 0) is 16.6 Å². The zero-order chi connectivity index (χ0) is 14.9. The van der Waals surface area contributed by atoms with Gasteiger partial charge in [0.15, 0.2) is 0 Å². The number of nitrogen functional groups attached to an aromatic ring is 1. The van der Waals surface area contributed by atoms with Crippen LogP contribution >= 0.6 is 0 Å². The van der Waals surface area contributed by atoms with Crippen molar-refractivity contribution in [1.82, 2.24) is 14.9 Å². The molecule has 2 heterocycles. The lowest BCUT2D eigenvalue weighted by Crippen LogP contribution is -2.23. The summed E-state index contributed by atoms with van der Waals surface area (Å²) < 4.78 is 31.9. The SMILES string of the molecule is Nc1ccc(S(=O)(=O)NCc2ccon2)c2ncccc12. The van der Waals surface area contributed by atoms with E-state index in [4.69, 9.17) is 5.73 Å². The lowest BCUT2D eigenvalue weighted by Gasteiger charge is -2.09. The van der Waals surface area contributed by atoms with Crippen LogP contribution in [0, 0.1) is 0 Å². The van der Waals surface area contributed by atoms with Crippen LogP contribution in [0.3, 0.4) is 0 Å². The van der Waals surface area contributed by atoms with Crippen molar-refractivity contribution >= 4 is 26.6 Å². The molecule has 108 valence electrons. The van der Waals surface area contributed by atoms with E-state index in [9.17, 15) is 8.42 Å². The van der Waals surface area contributed by atoms with Gasteiger partial charge in [-0.15, -0.1) is 0 Å². The molecule has 0 unspecified atom stereocenters. The predicted octanol–water partition coefficient (Wildman–Crippen LogP) is 1.28. The van der Waals surface area contributed by atoms with Crippen molar-refractivity contribution < 1.29 is 12.9 Å². The van der Waals surface area contributed by atoms with Crippen molar-refractivity contribution in [3.8, 4) is 0 Å². The molecule has 3 N–H and O–H groups in total. The van der Waals surface area contributed by atoms with Gasteiger partial charge in [-0.25, -0.2) is 13.1 Å². The minimum absolute atomic E-state index is 0.0392. The van der Waals surface area contributed by atoms with Gasteiger partial charge in [-0.3, -0.25) is 4.98 Å². The van der Waals surface area contributed by atoms with E-state index < -0.39 is 10.0 Å². The van der Waals surface area contributed by atoms with Gasteiger partial charge in [0.25, 0.3) is 0 Å². The van der Waals surface area contributed by atoms with Crippen LogP contribution in [0.2, 0.25) is 0 Å². The Morgan fingerprint density at radius 2 is 2.10 bits per heavy atom. The molecule has 0 fully saturated rings. The Hall–Kier alpha value is -2.45. The van der Waals surface area contributed by atoms with Crippen molar-refractivity contribution in [2.45, 2.75) is 11.4 Å². The van der Waals surface area contributed by atoms with Crippen LogP contribution < -0.4 is 10.5 Å². The number of nitrogens with one attached hydrogen (secondary N) is 1. The molecule has 0 atom stereocenters. The lowest BCUT2D eigenvalue weighted by atomic mass is 10.2. The lowest BCUT2D eigenvalue weighted by molar-refractivity contribution is 0.411. The fraction of sp³-hybridized carbons (Fsp3) is 0.0769. The first-order valence-corrected chi connectivity index (χ1v) is 7.58. The number of pyridine rings is 1. The van der Waals surface area contributed by atoms with Crippen LogP contribution in [0.4, 0.5) is 5.69 Å². The molecule has 0 radical (unpaired) electrons. The van der Waals surface area contributed by atoms with Gasteiger partial charge in [-0.2, -0.15) is 0 Å². The molecule has 0 saturated heterocycles. The van der Waals surface area contributed by atoms with Crippen LogP contribution in [0.5, 0.6) is 0 Å². The Labute approximate surface area is 120 Å². The van der Waals surface area contributed by atoms with Gasteiger partial charge in [0.1, 0.15) is 11.2 Å². The van der Waals surface area contributed by atoms with Crippen LogP contribution in [0.1, 0.15) is 5.69 Å². The van der Waals surface area contributed by atoms with Gasteiger partial charge >= 0.3 is 0 Å². The standard InChI is InChI=1S/C13H12N4O3S/c14-11-3-4-12(13-10(11)2-1-6-15-13)21(18,19)16-8-9-5-7-20-17-9/h1-7,16H,8,14H2. The molecule has 0 amide bonds. The Morgan fingerprint density at radius 3 is 2.86 bits per heavy atom. The third kappa shape index (κ3) is 2.58. The molecule has 1 aromatic carbocycles. The molecule has 3 rings (SSSR count). The summed E-state index contributed by atoms with van der Waals surface area (Å²) in [5, 5.41) is 4.25. The highest BCUT2D eigenvalue weighted by Gasteiger charge is 2.19. The van der Waals surface area contributed by atoms with Crippen molar-refractivity contribution in [3.05, 3.63) is 48.5 Å². The van der Waals surface area contributed by atoms with Gasteiger partial charge in [0, 0.05) is 23.3 Å². The molecule has 0 bridgehead atoms. The number of anilines is 1. The summed E-state index contributed by atoms with van der Waals surface area (Å²) >= 11 is 0. The van der Waals surface area contributed by atoms with E-state index >= 15 is 0 Å². The highest BCUT2D eigenvalue weighted by Crippen LogP contribution is 2.25. The molecule has 21 heavy (non-hydrogen) atoms. The summed E-state index contributed by atoms with van der Waals surface area (Å²) in [6.45, 7) is 0.0392. The highest BCUT2D eigenvalue weighted by molar-refractivity contribution is 7.89.